The smallest absolute Gasteiger partial charge is 0.335 e. The molecule has 0 unspecified atom stereocenters. The van der Waals surface area contributed by atoms with Crippen LogP contribution in [0, 0.1) is 6.92 Å². The highest BCUT2D eigenvalue weighted by molar-refractivity contribution is 8.13. The molecule has 0 atom stereocenters. The monoisotopic (exact) mass is 332 g/mol. The molecule has 112 valence electrons. The Morgan fingerprint density at radius 1 is 1.43 bits per heavy atom. The van der Waals surface area contributed by atoms with Gasteiger partial charge in [-0.2, -0.15) is 0 Å². The molecular weight excluding hydrogens is 324 g/mol. The summed E-state index contributed by atoms with van der Waals surface area (Å²) in [5.74, 6) is -0.908. The lowest BCUT2D eigenvalue weighted by atomic mass is 10.2. The quantitative estimate of drug-likeness (QED) is 0.819. The van der Waals surface area contributed by atoms with Crippen molar-refractivity contribution < 1.29 is 27.5 Å². The van der Waals surface area contributed by atoms with Crippen LogP contribution in [0.1, 0.15) is 22.1 Å². The molecule has 0 amide bonds. The molecule has 0 saturated carbocycles. The van der Waals surface area contributed by atoms with Crippen molar-refractivity contribution in [3.63, 3.8) is 0 Å². The number of carbonyl (C=O) groups is 1. The van der Waals surface area contributed by atoms with E-state index in [9.17, 15) is 13.2 Å². The Hall–Kier alpha value is -2.13. The van der Waals surface area contributed by atoms with E-state index < -0.39 is 19.9 Å². The number of aromatic carboxylic acids is 1. The van der Waals surface area contributed by atoms with Gasteiger partial charge < -0.3 is 14.3 Å². The Morgan fingerprint density at radius 2 is 2.14 bits per heavy atom. The SMILES string of the molecule is Cc1nnc(COc2ccc(C(=O)O)cc2S(=O)(=O)Cl)o1. The average molecular weight is 333 g/mol. The summed E-state index contributed by atoms with van der Waals surface area (Å²) < 4.78 is 33.3. The van der Waals surface area contributed by atoms with Gasteiger partial charge in [-0.3, -0.25) is 0 Å². The number of nitrogens with zero attached hydrogens (tertiary/aromatic N) is 2. The number of aryl methyl sites for hydroxylation is 1. The molecule has 1 aromatic carbocycles. The Morgan fingerprint density at radius 3 is 2.67 bits per heavy atom. The van der Waals surface area contributed by atoms with Gasteiger partial charge in [0.25, 0.3) is 14.9 Å². The predicted octanol–water partition coefficient (Wildman–Crippen LogP) is 1.58. The highest BCUT2D eigenvalue weighted by Crippen LogP contribution is 2.28. The van der Waals surface area contributed by atoms with Gasteiger partial charge in [0.15, 0.2) is 6.61 Å². The Labute approximate surface area is 123 Å². The van der Waals surface area contributed by atoms with Gasteiger partial charge in [0, 0.05) is 17.6 Å². The molecule has 0 fully saturated rings. The fraction of sp³-hybridized carbons (Fsp3) is 0.182. The van der Waals surface area contributed by atoms with Crippen LogP contribution in [0.15, 0.2) is 27.5 Å². The summed E-state index contributed by atoms with van der Waals surface area (Å²) >= 11 is 0. The van der Waals surface area contributed by atoms with E-state index >= 15 is 0 Å². The summed E-state index contributed by atoms with van der Waals surface area (Å²) in [6.45, 7) is 1.42. The minimum absolute atomic E-state index is 0.106. The molecule has 1 N–H and O–H groups in total. The summed E-state index contributed by atoms with van der Waals surface area (Å²) in [4.78, 5) is 10.4. The minimum atomic E-state index is -4.17. The second-order valence-electron chi connectivity index (χ2n) is 3.91. The molecule has 1 aromatic heterocycles. The molecule has 0 spiro atoms. The van der Waals surface area contributed by atoms with E-state index in [1.54, 1.807) is 6.92 Å². The van der Waals surface area contributed by atoms with Crippen molar-refractivity contribution >= 4 is 25.7 Å². The lowest BCUT2D eigenvalue weighted by molar-refractivity contribution is 0.0696. The molecule has 10 heteroatoms. The van der Waals surface area contributed by atoms with Gasteiger partial charge in [-0.1, -0.05) is 0 Å². The van der Waals surface area contributed by atoms with Gasteiger partial charge in [-0.15, -0.1) is 10.2 Å². The Bertz CT molecular complexity index is 786. The number of ether oxygens (including phenoxy) is 1. The maximum absolute atomic E-state index is 11.5. The first-order chi connectivity index (χ1) is 9.77. The molecule has 0 saturated heterocycles. The van der Waals surface area contributed by atoms with Crippen LogP contribution >= 0.6 is 10.7 Å². The zero-order valence-electron chi connectivity index (χ0n) is 10.6. The maximum atomic E-state index is 11.5. The first-order valence-corrected chi connectivity index (χ1v) is 7.82. The van der Waals surface area contributed by atoms with Gasteiger partial charge in [-0.25, -0.2) is 13.2 Å². The topological polar surface area (TPSA) is 120 Å². The number of benzene rings is 1. The third-order valence-electron chi connectivity index (χ3n) is 2.37. The van der Waals surface area contributed by atoms with Crippen LogP contribution in [-0.2, 0) is 15.7 Å². The molecule has 2 rings (SSSR count). The van der Waals surface area contributed by atoms with Gasteiger partial charge in [0.2, 0.25) is 5.89 Å². The Kier molecular flexibility index (Phi) is 4.14. The molecule has 0 aliphatic heterocycles. The summed E-state index contributed by atoms with van der Waals surface area (Å²) in [5.41, 5.74) is -0.227. The van der Waals surface area contributed by atoms with E-state index in [1.165, 1.54) is 12.1 Å². The van der Waals surface area contributed by atoms with Crippen molar-refractivity contribution in [1.29, 1.82) is 0 Å². The van der Waals surface area contributed by atoms with Crippen molar-refractivity contribution in [2.75, 3.05) is 0 Å². The highest BCUT2D eigenvalue weighted by Gasteiger charge is 2.20. The van der Waals surface area contributed by atoms with Crippen molar-refractivity contribution in [2.24, 2.45) is 0 Å². The third-order valence-corrected chi connectivity index (χ3v) is 3.72. The molecule has 1 heterocycles. The second kappa shape index (κ2) is 5.70. The molecule has 0 radical (unpaired) electrons. The minimum Gasteiger partial charge on any atom is -0.482 e. The van der Waals surface area contributed by atoms with E-state index in [2.05, 4.69) is 10.2 Å². The molecule has 21 heavy (non-hydrogen) atoms. The standard InChI is InChI=1S/C11H9ClN2O6S/c1-6-13-14-10(20-6)5-19-8-3-2-7(11(15)16)4-9(8)21(12,17)18/h2-4H,5H2,1H3,(H,15,16). The van der Waals surface area contributed by atoms with E-state index in [0.717, 1.165) is 6.07 Å². The first kappa shape index (κ1) is 15.3. The van der Waals surface area contributed by atoms with Crippen LogP contribution < -0.4 is 4.74 Å². The number of hydrogen-bond donors (Lipinski definition) is 1. The van der Waals surface area contributed by atoms with Crippen LogP contribution in [0.5, 0.6) is 5.75 Å². The number of carboxylic acids is 1. The third kappa shape index (κ3) is 3.70. The zero-order valence-corrected chi connectivity index (χ0v) is 12.2. The second-order valence-corrected chi connectivity index (χ2v) is 6.44. The first-order valence-electron chi connectivity index (χ1n) is 5.51. The van der Waals surface area contributed by atoms with Crippen LogP contribution in [0.3, 0.4) is 0 Å². The molecule has 8 nitrogen and oxygen atoms in total. The zero-order chi connectivity index (χ0) is 15.6. The average Bonchev–Trinajstić information content (AvgIpc) is 2.81. The summed E-state index contributed by atoms with van der Waals surface area (Å²) in [6, 6.07) is 3.31. The van der Waals surface area contributed by atoms with Crippen LogP contribution in [0.4, 0.5) is 0 Å². The van der Waals surface area contributed by atoms with Gasteiger partial charge in [0.05, 0.1) is 5.56 Å². The van der Waals surface area contributed by atoms with E-state index in [4.69, 9.17) is 24.9 Å². The lowest BCUT2D eigenvalue weighted by Gasteiger charge is -2.08. The summed E-state index contributed by atoms with van der Waals surface area (Å²) in [6.07, 6.45) is 0. The predicted molar refractivity (Wildman–Crippen MR) is 69.8 cm³/mol. The maximum Gasteiger partial charge on any atom is 0.335 e. The van der Waals surface area contributed by atoms with Gasteiger partial charge in [0.1, 0.15) is 10.6 Å². The van der Waals surface area contributed by atoms with E-state index in [-0.39, 0.29) is 23.8 Å². The lowest BCUT2D eigenvalue weighted by Crippen LogP contribution is -2.04. The molecule has 0 aliphatic carbocycles. The van der Waals surface area contributed by atoms with Crippen LogP contribution in [-0.4, -0.2) is 29.7 Å². The van der Waals surface area contributed by atoms with E-state index in [1.807, 2.05) is 0 Å². The highest BCUT2D eigenvalue weighted by atomic mass is 35.7. The van der Waals surface area contributed by atoms with Crippen molar-refractivity contribution in [3.8, 4) is 5.75 Å². The number of aromatic nitrogens is 2. The summed E-state index contributed by atoms with van der Waals surface area (Å²) in [5, 5.41) is 16.1. The molecule has 2 aromatic rings. The molecule has 0 bridgehead atoms. The number of rotatable bonds is 5. The van der Waals surface area contributed by atoms with Crippen LogP contribution in [0.2, 0.25) is 0 Å². The largest absolute Gasteiger partial charge is 0.482 e. The molecule has 0 aliphatic rings. The van der Waals surface area contributed by atoms with Crippen molar-refractivity contribution in [1.82, 2.24) is 10.2 Å². The number of carboxylic acid groups (broad SMARTS) is 1. The fourth-order valence-corrected chi connectivity index (χ4v) is 2.48. The fourth-order valence-electron chi connectivity index (χ4n) is 1.49. The summed E-state index contributed by atoms with van der Waals surface area (Å²) in [7, 11) is 1.10. The van der Waals surface area contributed by atoms with E-state index in [0.29, 0.717) is 5.89 Å². The number of halogens is 1. The number of hydrogen-bond acceptors (Lipinski definition) is 7. The Balaban J connectivity index is 2.32. The van der Waals surface area contributed by atoms with Gasteiger partial charge in [-0.05, 0) is 18.2 Å². The van der Waals surface area contributed by atoms with Crippen LogP contribution in [0.25, 0.3) is 0 Å². The molecular formula is C11H9ClN2O6S. The van der Waals surface area contributed by atoms with Crippen molar-refractivity contribution in [3.05, 3.63) is 35.5 Å². The van der Waals surface area contributed by atoms with Gasteiger partial charge >= 0.3 is 5.97 Å². The normalized spacial score (nSPS) is 11.3. The van der Waals surface area contributed by atoms with Crippen molar-refractivity contribution in [2.45, 2.75) is 18.4 Å².